The van der Waals surface area contributed by atoms with E-state index in [0.29, 0.717) is 12.1 Å². The van der Waals surface area contributed by atoms with Gasteiger partial charge in [-0.3, -0.25) is 0 Å². The van der Waals surface area contributed by atoms with E-state index in [0.717, 1.165) is 22.3 Å². The summed E-state index contributed by atoms with van der Waals surface area (Å²) in [5.41, 5.74) is 4.36. The zero-order valence-electron chi connectivity index (χ0n) is 15.6. The van der Waals surface area contributed by atoms with Gasteiger partial charge in [-0.25, -0.2) is 9.59 Å². The summed E-state index contributed by atoms with van der Waals surface area (Å²) in [5.74, 6) is -0.362. The first-order valence-corrected chi connectivity index (χ1v) is 8.88. The third-order valence-corrected chi connectivity index (χ3v) is 4.22. The smallest absolute Gasteiger partial charge is 0.407 e. The van der Waals surface area contributed by atoms with Gasteiger partial charge >= 0.3 is 12.1 Å². The van der Waals surface area contributed by atoms with Gasteiger partial charge in [-0.1, -0.05) is 60.7 Å². The fourth-order valence-corrected chi connectivity index (χ4v) is 2.73. The van der Waals surface area contributed by atoms with Crippen LogP contribution in [0.3, 0.4) is 0 Å². The van der Waals surface area contributed by atoms with Gasteiger partial charge < -0.3 is 14.8 Å². The lowest BCUT2D eigenvalue weighted by atomic mass is 10.0. The van der Waals surface area contributed by atoms with E-state index in [4.69, 9.17) is 9.47 Å². The third kappa shape index (κ3) is 5.20. The van der Waals surface area contributed by atoms with E-state index >= 15 is 0 Å². The Balaban J connectivity index is 1.57. The fourth-order valence-electron chi connectivity index (χ4n) is 2.73. The second-order valence-corrected chi connectivity index (χ2v) is 6.18. The highest BCUT2D eigenvalue weighted by Crippen LogP contribution is 2.21. The molecular weight excluding hydrogens is 354 g/mol. The number of carbonyl (C=O) groups is 2. The van der Waals surface area contributed by atoms with E-state index in [2.05, 4.69) is 5.32 Å². The van der Waals surface area contributed by atoms with Gasteiger partial charge in [0.15, 0.2) is 0 Å². The number of nitrogens with one attached hydrogen (secondary N) is 1. The Kier molecular flexibility index (Phi) is 6.41. The summed E-state index contributed by atoms with van der Waals surface area (Å²) in [6, 6.07) is 24.6. The Bertz CT molecular complexity index is 936. The number of amides is 1. The summed E-state index contributed by atoms with van der Waals surface area (Å²) in [5, 5.41) is 2.76. The quantitative estimate of drug-likeness (QED) is 0.641. The summed E-state index contributed by atoms with van der Waals surface area (Å²) in [4.78, 5) is 23.4. The van der Waals surface area contributed by atoms with Crippen LogP contribution in [0.15, 0.2) is 78.9 Å². The molecule has 142 valence electrons. The molecule has 0 fully saturated rings. The van der Waals surface area contributed by atoms with Crippen molar-refractivity contribution in [2.75, 3.05) is 7.11 Å². The van der Waals surface area contributed by atoms with Crippen LogP contribution in [0, 0.1) is 0 Å². The van der Waals surface area contributed by atoms with Gasteiger partial charge in [-0.15, -0.1) is 0 Å². The highest BCUT2D eigenvalue weighted by molar-refractivity contribution is 5.90. The van der Waals surface area contributed by atoms with Crippen LogP contribution < -0.4 is 5.32 Å². The van der Waals surface area contributed by atoms with Gasteiger partial charge in [0, 0.05) is 6.54 Å². The third-order valence-electron chi connectivity index (χ3n) is 4.22. The molecule has 0 saturated heterocycles. The molecule has 0 saturated carbocycles. The van der Waals surface area contributed by atoms with Crippen molar-refractivity contribution in [3.8, 4) is 11.1 Å². The number of rotatable bonds is 6. The Morgan fingerprint density at radius 3 is 2.25 bits per heavy atom. The molecule has 28 heavy (non-hydrogen) atoms. The van der Waals surface area contributed by atoms with Crippen molar-refractivity contribution >= 4 is 12.1 Å². The van der Waals surface area contributed by atoms with Gasteiger partial charge in [-0.05, 0) is 40.5 Å². The van der Waals surface area contributed by atoms with Crippen molar-refractivity contribution in [2.24, 2.45) is 0 Å². The molecule has 0 aliphatic heterocycles. The lowest BCUT2D eigenvalue weighted by molar-refractivity contribution is 0.0600. The lowest BCUT2D eigenvalue weighted by Gasteiger charge is -2.09. The Labute approximate surface area is 163 Å². The molecular formula is C23H21NO4. The molecule has 0 aliphatic carbocycles. The molecule has 0 unspecified atom stereocenters. The zero-order chi connectivity index (χ0) is 19.8. The number of esters is 1. The Morgan fingerprint density at radius 1 is 0.821 bits per heavy atom. The van der Waals surface area contributed by atoms with Crippen LogP contribution in [0.2, 0.25) is 0 Å². The predicted molar refractivity (Wildman–Crippen MR) is 107 cm³/mol. The maximum Gasteiger partial charge on any atom is 0.407 e. The summed E-state index contributed by atoms with van der Waals surface area (Å²) in [6.45, 7) is 0.598. The van der Waals surface area contributed by atoms with Crippen molar-refractivity contribution in [3.63, 3.8) is 0 Å². The van der Waals surface area contributed by atoms with Gasteiger partial charge in [0.2, 0.25) is 0 Å². The maximum atomic E-state index is 11.9. The fraction of sp³-hybridized carbons (Fsp3) is 0.130. The van der Waals surface area contributed by atoms with E-state index in [9.17, 15) is 9.59 Å². The monoisotopic (exact) mass is 375 g/mol. The summed E-state index contributed by atoms with van der Waals surface area (Å²) in [6.07, 6.45) is -0.461. The molecule has 0 atom stereocenters. The molecule has 0 radical (unpaired) electrons. The Hall–Kier alpha value is -3.60. The van der Waals surface area contributed by atoms with E-state index in [1.807, 2.05) is 66.7 Å². The lowest BCUT2D eigenvalue weighted by Crippen LogP contribution is -2.23. The van der Waals surface area contributed by atoms with Crippen LogP contribution in [0.1, 0.15) is 21.5 Å². The van der Waals surface area contributed by atoms with E-state index in [1.54, 1.807) is 12.1 Å². The van der Waals surface area contributed by atoms with E-state index in [1.165, 1.54) is 7.11 Å². The first-order valence-electron chi connectivity index (χ1n) is 8.88. The van der Waals surface area contributed by atoms with Gasteiger partial charge in [0.05, 0.1) is 12.7 Å². The number of hydrogen-bond donors (Lipinski definition) is 1. The van der Waals surface area contributed by atoms with Crippen LogP contribution in [0.25, 0.3) is 11.1 Å². The van der Waals surface area contributed by atoms with E-state index < -0.39 is 6.09 Å². The van der Waals surface area contributed by atoms with Crippen LogP contribution in [0.5, 0.6) is 0 Å². The molecule has 5 heteroatoms. The highest BCUT2D eigenvalue weighted by atomic mass is 16.5. The van der Waals surface area contributed by atoms with Crippen molar-refractivity contribution in [1.29, 1.82) is 0 Å². The molecule has 1 N–H and O–H groups in total. The number of carbonyl (C=O) groups excluding carboxylic acids is 2. The zero-order valence-corrected chi connectivity index (χ0v) is 15.6. The molecule has 3 aromatic rings. The molecule has 0 spiro atoms. The van der Waals surface area contributed by atoms with Gasteiger partial charge in [0.25, 0.3) is 0 Å². The average Bonchev–Trinajstić information content (AvgIpc) is 2.76. The van der Waals surface area contributed by atoms with Crippen LogP contribution in [0.4, 0.5) is 4.79 Å². The molecule has 0 heterocycles. The largest absolute Gasteiger partial charge is 0.465 e. The van der Waals surface area contributed by atoms with Gasteiger partial charge in [-0.2, -0.15) is 0 Å². The summed E-state index contributed by atoms with van der Waals surface area (Å²) in [7, 11) is 1.36. The normalized spacial score (nSPS) is 10.2. The number of ether oxygens (including phenoxy) is 2. The number of alkyl carbamates (subject to hydrolysis) is 1. The molecule has 3 aromatic carbocycles. The minimum Gasteiger partial charge on any atom is -0.465 e. The minimum absolute atomic E-state index is 0.235. The highest BCUT2D eigenvalue weighted by Gasteiger charge is 2.07. The van der Waals surface area contributed by atoms with Crippen molar-refractivity contribution in [2.45, 2.75) is 13.2 Å². The summed E-state index contributed by atoms with van der Waals surface area (Å²) < 4.78 is 9.93. The van der Waals surface area contributed by atoms with Crippen molar-refractivity contribution < 1.29 is 19.1 Å². The predicted octanol–water partition coefficient (Wildman–Crippen LogP) is 4.57. The minimum atomic E-state index is -0.461. The summed E-state index contributed by atoms with van der Waals surface area (Å²) >= 11 is 0. The average molecular weight is 375 g/mol. The molecule has 1 amide bonds. The van der Waals surface area contributed by atoms with E-state index in [-0.39, 0.29) is 12.6 Å². The Morgan fingerprint density at radius 2 is 1.54 bits per heavy atom. The second-order valence-electron chi connectivity index (χ2n) is 6.18. The van der Waals surface area contributed by atoms with Crippen molar-refractivity contribution in [1.82, 2.24) is 5.32 Å². The number of methoxy groups -OCH3 is 1. The van der Waals surface area contributed by atoms with Crippen LogP contribution in [-0.2, 0) is 22.6 Å². The second kappa shape index (κ2) is 9.37. The molecule has 0 aromatic heterocycles. The van der Waals surface area contributed by atoms with Crippen LogP contribution in [-0.4, -0.2) is 19.2 Å². The SMILES string of the molecule is COC(=O)c1ccc(-c2cccc(CNC(=O)OCc3ccccc3)c2)cc1. The first kappa shape index (κ1) is 19.2. The van der Waals surface area contributed by atoms with Gasteiger partial charge in [0.1, 0.15) is 6.61 Å². The standard InChI is InChI=1S/C23H21NO4/c1-27-22(25)20-12-10-19(11-13-20)21-9-5-8-18(14-21)15-24-23(26)28-16-17-6-3-2-4-7-17/h2-14H,15-16H2,1H3,(H,24,26). The first-order chi connectivity index (χ1) is 13.7. The number of hydrogen-bond acceptors (Lipinski definition) is 4. The molecule has 5 nitrogen and oxygen atoms in total. The molecule has 3 rings (SSSR count). The van der Waals surface area contributed by atoms with Crippen molar-refractivity contribution in [3.05, 3.63) is 95.6 Å². The topological polar surface area (TPSA) is 64.6 Å². The van der Waals surface area contributed by atoms with Crippen LogP contribution >= 0.6 is 0 Å². The molecule has 0 bridgehead atoms. The molecule has 0 aliphatic rings. The maximum absolute atomic E-state index is 11.9. The number of benzene rings is 3.